The van der Waals surface area contributed by atoms with Crippen molar-refractivity contribution in [2.45, 2.75) is 0 Å². The number of carbonyl (C=O) groups excluding carboxylic acids is 1. The highest BCUT2D eigenvalue weighted by Crippen LogP contribution is 2.18. The minimum atomic E-state index is -0.318. The van der Waals surface area contributed by atoms with Crippen molar-refractivity contribution >= 4 is 17.3 Å². The SMILES string of the molecule is CN1CCN(c2ccc(NNC(=O)c3cnccn3)cc2)CC1. The number of benzene rings is 1. The Balaban J connectivity index is 1.54. The van der Waals surface area contributed by atoms with Gasteiger partial charge in [-0.1, -0.05) is 0 Å². The van der Waals surface area contributed by atoms with Crippen molar-refractivity contribution in [1.29, 1.82) is 0 Å². The zero-order valence-electron chi connectivity index (χ0n) is 13.1. The Bertz CT molecular complexity index is 637. The Morgan fingerprint density at radius 2 is 1.83 bits per heavy atom. The van der Waals surface area contributed by atoms with E-state index in [0.29, 0.717) is 0 Å². The molecule has 1 aliphatic heterocycles. The number of carbonyl (C=O) groups is 1. The summed E-state index contributed by atoms with van der Waals surface area (Å²) in [5.41, 5.74) is 7.78. The monoisotopic (exact) mass is 312 g/mol. The number of hydrazine groups is 1. The molecule has 0 radical (unpaired) electrons. The molecule has 1 fully saturated rings. The largest absolute Gasteiger partial charge is 0.369 e. The highest BCUT2D eigenvalue weighted by Gasteiger charge is 2.14. The van der Waals surface area contributed by atoms with Gasteiger partial charge in [0.2, 0.25) is 0 Å². The number of rotatable bonds is 4. The molecule has 0 unspecified atom stereocenters. The molecule has 120 valence electrons. The minimum absolute atomic E-state index is 0.272. The zero-order valence-corrected chi connectivity index (χ0v) is 13.1. The van der Waals surface area contributed by atoms with Crippen LogP contribution in [0.4, 0.5) is 11.4 Å². The Hall–Kier alpha value is -2.67. The first-order valence-corrected chi connectivity index (χ1v) is 7.58. The summed E-state index contributed by atoms with van der Waals surface area (Å²) in [6.07, 6.45) is 4.44. The van der Waals surface area contributed by atoms with E-state index in [1.165, 1.54) is 24.3 Å². The van der Waals surface area contributed by atoms with Gasteiger partial charge in [-0.05, 0) is 31.3 Å². The van der Waals surface area contributed by atoms with Crippen LogP contribution in [0.3, 0.4) is 0 Å². The third kappa shape index (κ3) is 3.95. The van der Waals surface area contributed by atoms with E-state index in [-0.39, 0.29) is 11.6 Å². The zero-order chi connectivity index (χ0) is 16.1. The van der Waals surface area contributed by atoms with Crippen molar-refractivity contribution in [2.24, 2.45) is 0 Å². The van der Waals surface area contributed by atoms with Gasteiger partial charge in [0.1, 0.15) is 5.69 Å². The maximum absolute atomic E-state index is 11.9. The molecule has 2 N–H and O–H groups in total. The molecule has 1 saturated heterocycles. The van der Waals surface area contributed by atoms with Crippen molar-refractivity contribution in [3.63, 3.8) is 0 Å². The van der Waals surface area contributed by atoms with Gasteiger partial charge in [-0.25, -0.2) is 4.98 Å². The van der Waals surface area contributed by atoms with E-state index in [9.17, 15) is 4.79 Å². The molecule has 1 aliphatic rings. The fourth-order valence-electron chi connectivity index (χ4n) is 2.43. The fraction of sp³-hybridized carbons (Fsp3) is 0.312. The molecule has 7 nitrogen and oxygen atoms in total. The number of aromatic nitrogens is 2. The number of nitrogens with one attached hydrogen (secondary N) is 2. The lowest BCUT2D eigenvalue weighted by molar-refractivity contribution is 0.0957. The first-order chi connectivity index (χ1) is 11.2. The van der Waals surface area contributed by atoms with Crippen LogP contribution in [-0.2, 0) is 0 Å². The summed E-state index contributed by atoms with van der Waals surface area (Å²) in [6, 6.07) is 8.01. The molecule has 3 rings (SSSR count). The van der Waals surface area contributed by atoms with Crippen molar-refractivity contribution in [1.82, 2.24) is 20.3 Å². The van der Waals surface area contributed by atoms with Gasteiger partial charge in [-0.15, -0.1) is 0 Å². The summed E-state index contributed by atoms with van der Waals surface area (Å²) in [7, 11) is 2.14. The Morgan fingerprint density at radius 1 is 1.09 bits per heavy atom. The first kappa shape index (κ1) is 15.2. The lowest BCUT2D eigenvalue weighted by Gasteiger charge is -2.34. The smallest absolute Gasteiger partial charge is 0.289 e. The van der Waals surface area contributed by atoms with E-state index in [2.05, 4.69) is 49.8 Å². The quantitative estimate of drug-likeness (QED) is 0.820. The molecule has 2 heterocycles. The summed E-state index contributed by atoms with van der Waals surface area (Å²) in [5.74, 6) is -0.318. The predicted octanol–water partition coefficient (Wildman–Crippen LogP) is 0.985. The third-order valence-corrected chi connectivity index (χ3v) is 3.85. The highest BCUT2D eigenvalue weighted by atomic mass is 16.2. The summed E-state index contributed by atoms with van der Waals surface area (Å²) in [4.78, 5) is 24.4. The summed E-state index contributed by atoms with van der Waals surface area (Å²) < 4.78 is 0. The van der Waals surface area contributed by atoms with Gasteiger partial charge >= 0.3 is 0 Å². The van der Waals surface area contributed by atoms with Crippen LogP contribution in [0, 0.1) is 0 Å². The molecule has 2 aromatic rings. The average molecular weight is 312 g/mol. The number of anilines is 2. The van der Waals surface area contributed by atoms with Crippen LogP contribution in [0.1, 0.15) is 10.5 Å². The lowest BCUT2D eigenvalue weighted by atomic mass is 10.2. The first-order valence-electron chi connectivity index (χ1n) is 7.58. The number of nitrogens with zero attached hydrogens (tertiary/aromatic N) is 4. The standard InChI is InChI=1S/C16H20N6O/c1-21-8-10-22(11-9-21)14-4-2-13(3-5-14)19-20-16(23)15-12-17-6-7-18-15/h2-7,12,19H,8-11H2,1H3,(H,20,23). The highest BCUT2D eigenvalue weighted by molar-refractivity contribution is 5.92. The van der Waals surface area contributed by atoms with Crippen LogP contribution in [-0.4, -0.2) is 54.0 Å². The Kier molecular flexibility index (Phi) is 4.68. The predicted molar refractivity (Wildman–Crippen MR) is 89.3 cm³/mol. The number of hydrogen-bond donors (Lipinski definition) is 2. The second kappa shape index (κ2) is 7.06. The van der Waals surface area contributed by atoms with Gasteiger partial charge < -0.3 is 9.80 Å². The van der Waals surface area contributed by atoms with E-state index in [4.69, 9.17) is 0 Å². The minimum Gasteiger partial charge on any atom is -0.369 e. The Labute approximate surface area is 135 Å². The molecular formula is C16H20N6O. The average Bonchev–Trinajstić information content (AvgIpc) is 2.61. The second-order valence-corrected chi connectivity index (χ2v) is 5.51. The molecule has 1 aromatic carbocycles. The third-order valence-electron chi connectivity index (χ3n) is 3.85. The van der Waals surface area contributed by atoms with Crippen molar-refractivity contribution in [2.75, 3.05) is 43.6 Å². The molecule has 7 heteroatoms. The van der Waals surface area contributed by atoms with Gasteiger partial charge in [-0.2, -0.15) is 0 Å². The van der Waals surface area contributed by atoms with E-state index >= 15 is 0 Å². The van der Waals surface area contributed by atoms with Crippen LogP contribution in [0.5, 0.6) is 0 Å². The molecule has 0 spiro atoms. The van der Waals surface area contributed by atoms with E-state index in [1.807, 2.05) is 12.1 Å². The van der Waals surface area contributed by atoms with Gasteiger partial charge in [0.05, 0.1) is 11.9 Å². The molecule has 0 bridgehead atoms. The number of amides is 1. The van der Waals surface area contributed by atoms with Crippen LogP contribution >= 0.6 is 0 Å². The molecule has 1 amide bonds. The van der Waals surface area contributed by atoms with Crippen molar-refractivity contribution < 1.29 is 4.79 Å². The molecule has 0 atom stereocenters. The van der Waals surface area contributed by atoms with Crippen LogP contribution in [0.25, 0.3) is 0 Å². The van der Waals surface area contributed by atoms with Crippen LogP contribution < -0.4 is 15.8 Å². The molecule has 23 heavy (non-hydrogen) atoms. The van der Waals surface area contributed by atoms with Crippen LogP contribution in [0.15, 0.2) is 42.9 Å². The number of hydrogen-bond acceptors (Lipinski definition) is 6. The van der Waals surface area contributed by atoms with Crippen molar-refractivity contribution in [3.05, 3.63) is 48.5 Å². The Morgan fingerprint density at radius 3 is 2.48 bits per heavy atom. The van der Waals surface area contributed by atoms with Gasteiger partial charge in [0, 0.05) is 44.3 Å². The normalized spacial score (nSPS) is 15.3. The van der Waals surface area contributed by atoms with Crippen LogP contribution in [0.2, 0.25) is 0 Å². The van der Waals surface area contributed by atoms with E-state index in [1.54, 1.807) is 0 Å². The second-order valence-electron chi connectivity index (χ2n) is 5.51. The fourth-order valence-corrected chi connectivity index (χ4v) is 2.43. The van der Waals surface area contributed by atoms with Gasteiger partial charge in [0.25, 0.3) is 5.91 Å². The van der Waals surface area contributed by atoms with Gasteiger partial charge in [-0.3, -0.25) is 20.6 Å². The molecule has 0 aliphatic carbocycles. The lowest BCUT2D eigenvalue weighted by Crippen LogP contribution is -2.44. The molecule has 0 saturated carbocycles. The van der Waals surface area contributed by atoms with E-state index in [0.717, 1.165) is 31.9 Å². The molecule has 1 aromatic heterocycles. The maximum Gasteiger partial charge on any atom is 0.289 e. The summed E-state index contributed by atoms with van der Waals surface area (Å²) in [5, 5.41) is 0. The van der Waals surface area contributed by atoms with Gasteiger partial charge in [0.15, 0.2) is 0 Å². The topological polar surface area (TPSA) is 73.4 Å². The molecular weight excluding hydrogens is 292 g/mol. The summed E-state index contributed by atoms with van der Waals surface area (Å²) >= 11 is 0. The van der Waals surface area contributed by atoms with Crippen molar-refractivity contribution in [3.8, 4) is 0 Å². The number of piperazine rings is 1. The summed E-state index contributed by atoms with van der Waals surface area (Å²) in [6.45, 7) is 4.22. The maximum atomic E-state index is 11.9. The van der Waals surface area contributed by atoms with E-state index < -0.39 is 0 Å². The number of likely N-dealkylation sites (N-methyl/N-ethyl adjacent to an activating group) is 1.